The third-order valence-electron chi connectivity index (χ3n) is 7.38. The van der Waals surface area contributed by atoms with E-state index >= 15 is 0 Å². The first-order valence-electron chi connectivity index (χ1n) is 14.9. The van der Waals surface area contributed by atoms with Gasteiger partial charge in [-0.25, -0.2) is 8.42 Å². The number of fused-ring (bicyclic) bond motifs is 1. The quantitative estimate of drug-likeness (QED) is 0.253. The monoisotopic (exact) mass is 623 g/mol. The number of amides is 2. The fourth-order valence-corrected chi connectivity index (χ4v) is 5.99. The highest BCUT2D eigenvalue weighted by molar-refractivity contribution is 7.92. The van der Waals surface area contributed by atoms with Gasteiger partial charge in [-0.3, -0.25) is 13.9 Å². The molecule has 4 rings (SSSR count). The summed E-state index contributed by atoms with van der Waals surface area (Å²) in [6.07, 6.45) is 1.94. The van der Waals surface area contributed by atoms with Crippen molar-refractivity contribution in [3.05, 3.63) is 83.9 Å². The fourth-order valence-electron chi connectivity index (χ4n) is 4.93. The predicted molar refractivity (Wildman–Crippen MR) is 170 cm³/mol. The van der Waals surface area contributed by atoms with Crippen LogP contribution in [0.1, 0.15) is 37.8 Å². The first-order valence-corrected chi connectivity index (χ1v) is 16.5. The maximum atomic E-state index is 14.4. The molecule has 0 aliphatic carbocycles. The number of carbonyl (C=O) groups excluding carboxylic acids is 2. The van der Waals surface area contributed by atoms with E-state index in [1.807, 2.05) is 49.4 Å². The molecular formula is C33H41N3O7S. The molecule has 1 unspecified atom stereocenters. The molecule has 3 aromatic carbocycles. The van der Waals surface area contributed by atoms with Gasteiger partial charge in [-0.2, -0.15) is 0 Å². The summed E-state index contributed by atoms with van der Waals surface area (Å²) in [5, 5.41) is 2.99. The van der Waals surface area contributed by atoms with Crippen LogP contribution in [0.15, 0.2) is 72.8 Å². The summed E-state index contributed by atoms with van der Waals surface area (Å²) < 4.78 is 44.6. The lowest BCUT2D eigenvalue weighted by Crippen LogP contribution is -2.53. The third-order valence-corrected chi connectivity index (χ3v) is 9.12. The molecule has 0 saturated carbocycles. The summed E-state index contributed by atoms with van der Waals surface area (Å²) in [5.41, 5.74) is 1.88. The van der Waals surface area contributed by atoms with Crippen LogP contribution < -0.4 is 23.8 Å². The predicted octanol–water partition coefficient (Wildman–Crippen LogP) is 4.18. The van der Waals surface area contributed by atoms with Crippen LogP contribution in [0.4, 0.5) is 5.69 Å². The first kappa shape index (κ1) is 32.7. The number of ether oxygens (including phenoxy) is 3. The van der Waals surface area contributed by atoms with E-state index in [9.17, 15) is 18.0 Å². The minimum atomic E-state index is -3.91. The molecule has 1 aliphatic rings. The molecular weight excluding hydrogens is 582 g/mol. The molecule has 2 amide bonds. The highest BCUT2D eigenvalue weighted by Crippen LogP contribution is 2.35. The lowest BCUT2D eigenvalue weighted by Gasteiger charge is -2.34. The first-order chi connectivity index (χ1) is 21.2. The van der Waals surface area contributed by atoms with E-state index in [-0.39, 0.29) is 30.3 Å². The third kappa shape index (κ3) is 8.43. The summed E-state index contributed by atoms with van der Waals surface area (Å²) >= 11 is 0. The second-order valence-corrected chi connectivity index (χ2v) is 12.6. The number of hydrogen-bond donors (Lipinski definition) is 1. The second-order valence-electron chi connectivity index (χ2n) is 10.5. The van der Waals surface area contributed by atoms with E-state index in [1.165, 1.54) is 11.8 Å². The average molecular weight is 624 g/mol. The molecule has 236 valence electrons. The molecule has 3 aromatic rings. The Morgan fingerprint density at radius 3 is 2.36 bits per heavy atom. The van der Waals surface area contributed by atoms with Gasteiger partial charge in [0.25, 0.3) is 0 Å². The van der Waals surface area contributed by atoms with E-state index in [2.05, 4.69) is 5.32 Å². The number of rotatable bonds is 15. The molecule has 0 saturated heterocycles. The van der Waals surface area contributed by atoms with Crippen molar-refractivity contribution in [1.82, 2.24) is 10.2 Å². The number of methoxy groups -OCH3 is 1. The molecule has 1 heterocycles. The minimum Gasteiger partial charge on any atom is -0.497 e. The maximum Gasteiger partial charge on any atom is 0.244 e. The highest BCUT2D eigenvalue weighted by atomic mass is 32.2. The second kappa shape index (κ2) is 15.5. The van der Waals surface area contributed by atoms with Crippen LogP contribution >= 0.6 is 0 Å². The van der Waals surface area contributed by atoms with Crippen LogP contribution in [0.2, 0.25) is 0 Å². The van der Waals surface area contributed by atoms with Crippen molar-refractivity contribution < 1.29 is 32.2 Å². The molecule has 1 aliphatic heterocycles. The van der Waals surface area contributed by atoms with Gasteiger partial charge in [0.15, 0.2) is 11.5 Å². The Labute approximate surface area is 260 Å². The van der Waals surface area contributed by atoms with Crippen molar-refractivity contribution in [3.8, 4) is 17.2 Å². The van der Waals surface area contributed by atoms with Gasteiger partial charge < -0.3 is 24.4 Å². The number of unbranched alkanes of at least 4 members (excludes halogenated alkanes) is 1. The summed E-state index contributed by atoms with van der Waals surface area (Å²) in [6.45, 7) is 4.31. The number of nitrogens with zero attached hydrogens (tertiary/aromatic N) is 2. The lowest BCUT2D eigenvalue weighted by atomic mass is 10.0. The lowest BCUT2D eigenvalue weighted by molar-refractivity contribution is -0.140. The number of carbonyl (C=O) groups is 2. The average Bonchev–Trinajstić information content (AvgIpc) is 3.05. The van der Waals surface area contributed by atoms with Gasteiger partial charge in [-0.05, 0) is 48.7 Å². The van der Waals surface area contributed by atoms with Crippen LogP contribution in [0, 0.1) is 0 Å². The normalized spacial score (nSPS) is 13.1. The molecule has 1 N–H and O–H groups in total. The Morgan fingerprint density at radius 2 is 1.66 bits per heavy atom. The number of anilines is 1. The zero-order valence-corrected chi connectivity index (χ0v) is 26.3. The standard InChI is InChI=1S/C33H41N3O7S/c1-4-6-17-34-33(38)29(21-25-11-8-7-9-12-25)35(23-26-13-10-14-28(20-26)41-3)32(37)24-36(44(39,40)5-2)27-15-16-30-31(22-27)43-19-18-42-30/h7-16,20,22,29H,4-6,17-19,21,23-24H2,1-3H3,(H,34,38). The summed E-state index contributed by atoms with van der Waals surface area (Å²) in [5.74, 6) is 0.465. The Kier molecular flexibility index (Phi) is 11.5. The van der Waals surface area contributed by atoms with Crippen LogP contribution in [-0.2, 0) is 32.6 Å². The summed E-state index contributed by atoms with van der Waals surface area (Å²) in [4.78, 5) is 29.6. The molecule has 0 fully saturated rings. The molecule has 1 atom stereocenters. The van der Waals surface area contributed by atoms with Gasteiger partial charge in [-0.15, -0.1) is 0 Å². The van der Waals surface area contributed by atoms with Gasteiger partial charge in [0.05, 0.1) is 18.6 Å². The molecule has 11 heteroatoms. The molecule has 0 spiro atoms. The number of benzene rings is 3. The van der Waals surface area contributed by atoms with Crippen LogP contribution in [0.3, 0.4) is 0 Å². The van der Waals surface area contributed by atoms with E-state index in [0.717, 1.165) is 28.3 Å². The molecule has 0 bridgehead atoms. The number of sulfonamides is 1. The van der Waals surface area contributed by atoms with Crippen LogP contribution in [0.25, 0.3) is 0 Å². The fraction of sp³-hybridized carbons (Fsp3) is 0.394. The molecule has 44 heavy (non-hydrogen) atoms. The van der Waals surface area contributed by atoms with E-state index < -0.39 is 28.5 Å². The van der Waals surface area contributed by atoms with Crippen molar-refractivity contribution in [2.75, 3.05) is 43.5 Å². The Hall–Kier alpha value is -4.25. The largest absolute Gasteiger partial charge is 0.497 e. The van der Waals surface area contributed by atoms with Crippen LogP contribution in [-0.4, -0.2) is 70.3 Å². The zero-order chi connectivity index (χ0) is 31.5. The number of nitrogens with one attached hydrogen (secondary N) is 1. The minimum absolute atomic E-state index is 0.0654. The Bertz CT molecular complexity index is 1510. The van der Waals surface area contributed by atoms with Gasteiger partial charge in [0, 0.05) is 25.6 Å². The summed E-state index contributed by atoms with van der Waals surface area (Å²) in [7, 11) is -2.35. The molecule has 0 aromatic heterocycles. The van der Waals surface area contributed by atoms with Gasteiger partial charge >= 0.3 is 0 Å². The Balaban J connectivity index is 1.74. The van der Waals surface area contributed by atoms with Crippen molar-refractivity contribution in [3.63, 3.8) is 0 Å². The van der Waals surface area contributed by atoms with Gasteiger partial charge in [-0.1, -0.05) is 55.8 Å². The van der Waals surface area contributed by atoms with E-state index in [0.29, 0.717) is 37.0 Å². The van der Waals surface area contributed by atoms with Gasteiger partial charge in [0.1, 0.15) is 31.5 Å². The maximum absolute atomic E-state index is 14.4. The Morgan fingerprint density at radius 1 is 0.932 bits per heavy atom. The van der Waals surface area contributed by atoms with E-state index in [4.69, 9.17) is 14.2 Å². The van der Waals surface area contributed by atoms with Crippen molar-refractivity contribution in [1.29, 1.82) is 0 Å². The topological polar surface area (TPSA) is 114 Å². The molecule has 10 nitrogen and oxygen atoms in total. The number of hydrogen-bond acceptors (Lipinski definition) is 7. The highest BCUT2D eigenvalue weighted by Gasteiger charge is 2.34. The van der Waals surface area contributed by atoms with Gasteiger partial charge in [0.2, 0.25) is 21.8 Å². The smallest absolute Gasteiger partial charge is 0.244 e. The van der Waals surface area contributed by atoms with Crippen LogP contribution in [0.5, 0.6) is 17.2 Å². The van der Waals surface area contributed by atoms with Crippen molar-refractivity contribution in [2.24, 2.45) is 0 Å². The summed E-state index contributed by atoms with van der Waals surface area (Å²) in [6, 6.07) is 20.6. The van der Waals surface area contributed by atoms with E-state index in [1.54, 1.807) is 37.4 Å². The van der Waals surface area contributed by atoms with Crippen molar-refractivity contribution >= 4 is 27.5 Å². The zero-order valence-electron chi connectivity index (χ0n) is 25.5. The SMILES string of the molecule is CCCCNC(=O)C(Cc1ccccc1)N(Cc1cccc(OC)c1)C(=O)CN(c1ccc2c(c1)OCCO2)S(=O)(=O)CC. The molecule has 0 radical (unpaired) electrons. The van der Waals surface area contributed by atoms with Crippen molar-refractivity contribution in [2.45, 2.75) is 45.7 Å².